The Morgan fingerprint density at radius 3 is 1.85 bits per heavy atom. The van der Waals surface area contributed by atoms with Crippen LogP contribution in [0.4, 0.5) is 0 Å². The minimum absolute atomic E-state index is 0.358. The molecule has 8 heteroatoms. The molecule has 2 aliphatic heterocycles. The maximum Gasteiger partial charge on any atom is 0.494 e. The second-order valence-electron chi connectivity index (χ2n) is 11.8. The maximum atomic E-state index is 6.64. The van der Waals surface area contributed by atoms with Gasteiger partial charge in [-0.1, -0.05) is 28.9 Å². The molecular weight excluding hydrogens is 428 g/mol. The van der Waals surface area contributed by atoms with Gasteiger partial charge in [-0.3, -0.25) is 0 Å². The van der Waals surface area contributed by atoms with E-state index >= 15 is 0 Å². The molecule has 0 spiro atoms. The Balaban J connectivity index is 1.95. The number of hydrogen-bond donors (Lipinski definition) is 0. The quantitative estimate of drug-likeness (QED) is 0.319. The van der Waals surface area contributed by atoms with Gasteiger partial charge in [0.2, 0.25) is 0 Å². The number of hydrogen-bond acceptors (Lipinski definition) is 6. The highest BCUT2D eigenvalue weighted by Crippen LogP contribution is 2.50. The van der Waals surface area contributed by atoms with Crippen molar-refractivity contribution < 1.29 is 23.5 Å². The lowest BCUT2D eigenvalue weighted by Gasteiger charge is -2.32. The Bertz CT molecular complexity index is 978. The Kier molecular flexibility index (Phi) is 6.38. The summed E-state index contributed by atoms with van der Waals surface area (Å²) < 4.78 is 26.5. The first-order valence-electron chi connectivity index (χ1n) is 12.3. The van der Waals surface area contributed by atoms with E-state index < -0.39 is 36.6 Å². The SMILES string of the molecule is CO/N=C/c1ccc(C)cc1/C(B1OC(C)(C)C(C)(C)O1)=C(/B1OC(C)(C)C(C)(C)O1)C1CC1. The van der Waals surface area contributed by atoms with Crippen molar-refractivity contribution in [2.75, 3.05) is 7.11 Å². The molecule has 0 atom stereocenters. The summed E-state index contributed by atoms with van der Waals surface area (Å²) in [5.41, 5.74) is 3.37. The Morgan fingerprint density at radius 2 is 1.38 bits per heavy atom. The third-order valence-electron chi connectivity index (χ3n) is 8.12. The van der Waals surface area contributed by atoms with Crippen molar-refractivity contribution in [1.82, 2.24) is 0 Å². The fraction of sp³-hybridized carbons (Fsp3) is 0.654. The van der Waals surface area contributed by atoms with E-state index in [0.29, 0.717) is 5.92 Å². The lowest BCUT2D eigenvalue weighted by molar-refractivity contribution is 0.00578. The molecule has 0 aromatic heterocycles. The summed E-state index contributed by atoms with van der Waals surface area (Å²) in [6.07, 6.45) is 3.93. The van der Waals surface area contributed by atoms with Crippen LogP contribution >= 0.6 is 0 Å². The number of rotatable bonds is 6. The second-order valence-corrected chi connectivity index (χ2v) is 11.8. The minimum atomic E-state index is -0.559. The van der Waals surface area contributed by atoms with E-state index in [1.54, 1.807) is 13.3 Å². The Morgan fingerprint density at radius 1 is 0.882 bits per heavy atom. The molecule has 2 heterocycles. The number of nitrogens with zero attached hydrogens (tertiary/aromatic N) is 1. The largest absolute Gasteiger partial charge is 0.494 e. The molecule has 1 aromatic rings. The van der Waals surface area contributed by atoms with Gasteiger partial charge in [-0.15, -0.1) is 0 Å². The highest BCUT2D eigenvalue weighted by molar-refractivity contribution is 6.74. The molecular formula is C26H39B2NO5. The number of benzene rings is 1. The molecule has 1 aromatic carbocycles. The van der Waals surface area contributed by atoms with Crippen molar-refractivity contribution in [3.05, 3.63) is 40.4 Å². The van der Waals surface area contributed by atoms with E-state index in [1.807, 2.05) is 0 Å². The Hall–Kier alpha value is -1.60. The average Bonchev–Trinajstić information content (AvgIpc) is 3.46. The predicted molar refractivity (Wildman–Crippen MR) is 138 cm³/mol. The van der Waals surface area contributed by atoms with Gasteiger partial charge in [-0.25, -0.2) is 0 Å². The zero-order chi connectivity index (χ0) is 25.1. The first-order valence-corrected chi connectivity index (χ1v) is 12.3. The van der Waals surface area contributed by atoms with E-state index in [9.17, 15) is 0 Å². The number of allylic oxidation sites excluding steroid dienone is 1. The normalized spacial score (nSPS) is 25.7. The van der Waals surface area contributed by atoms with Crippen LogP contribution in [0.2, 0.25) is 0 Å². The van der Waals surface area contributed by atoms with Crippen molar-refractivity contribution >= 4 is 25.9 Å². The average molecular weight is 467 g/mol. The van der Waals surface area contributed by atoms with Crippen LogP contribution < -0.4 is 0 Å². The van der Waals surface area contributed by atoms with Crippen LogP contribution in [-0.4, -0.2) is 50.0 Å². The van der Waals surface area contributed by atoms with Crippen LogP contribution in [-0.2, 0) is 23.5 Å². The van der Waals surface area contributed by atoms with Crippen molar-refractivity contribution in [1.29, 1.82) is 0 Å². The van der Waals surface area contributed by atoms with Gasteiger partial charge >= 0.3 is 14.2 Å². The van der Waals surface area contributed by atoms with Crippen LogP contribution in [0.3, 0.4) is 0 Å². The molecule has 0 bridgehead atoms. The summed E-state index contributed by atoms with van der Waals surface area (Å²) >= 11 is 0. The summed E-state index contributed by atoms with van der Waals surface area (Å²) in [4.78, 5) is 5.02. The highest BCUT2D eigenvalue weighted by Gasteiger charge is 2.58. The Labute approximate surface area is 205 Å². The van der Waals surface area contributed by atoms with E-state index in [2.05, 4.69) is 85.7 Å². The number of aryl methyl sites for hydroxylation is 1. The second kappa shape index (κ2) is 8.51. The molecule has 2 saturated heterocycles. The van der Waals surface area contributed by atoms with Gasteiger partial charge < -0.3 is 23.5 Å². The van der Waals surface area contributed by atoms with Gasteiger partial charge in [-0.2, -0.15) is 0 Å². The van der Waals surface area contributed by atoms with Crippen LogP contribution in [0.15, 0.2) is 28.8 Å². The molecule has 0 amide bonds. The third kappa shape index (κ3) is 4.50. The number of oxime groups is 1. The molecule has 1 aliphatic carbocycles. The molecule has 0 radical (unpaired) electrons. The molecule has 3 fully saturated rings. The fourth-order valence-corrected chi connectivity index (χ4v) is 4.41. The molecule has 0 N–H and O–H groups in total. The van der Waals surface area contributed by atoms with E-state index in [4.69, 9.17) is 23.5 Å². The van der Waals surface area contributed by atoms with Crippen molar-refractivity contribution in [3.63, 3.8) is 0 Å². The van der Waals surface area contributed by atoms with Gasteiger partial charge in [-0.05, 0) is 97.6 Å². The summed E-state index contributed by atoms with van der Waals surface area (Å²) in [6.45, 7) is 18.8. The van der Waals surface area contributed by atoms with E-state index in [-0.39, 0.29) is 0 Å². The van der Waals surface area contributed by atoms with Gasteiger partial charge in [0.15, 0.2) is 0 Å². The van der Waals surface area contributed by atoms with Gasteiger partial charge in [0, 0.05) is 5.56 Å². The first kappa shape index (κ1) is 25.5. The topological polar surface area (TPSA) is 58.5 Å². The zero-order valence-corrected chi connectivity index (χ0v) is 22.4. The third-order valence-corrected chi connectivity index (χ3v) is 8.12. The van der Waals surface area contributed by atoms with Gasteiger partial charge in [0.1, 0.15) is 7.11 Å². The molecule has 6 nitrogen and oxygen atoms in total. The lowest BCUT2D eigenvalue weighted by Crippen LogP contribution is -2.41. The maximum absolute atomic E-state index is 6.64. The highest BCUT2D eigenvalue weighted by atomic mass is 16.7. The van der Waals surface area contributed by atoms with Gasteiger partial charge in [0.05, 0.1) is 28.6 Å². The standard InChI is InChI=1S/C26H39B2NO5/c1-17-11-12-19(16-29-30-10)20(15-17)22(28-33-25(6,7)26(8,9)34-28)21(18-13-14-18)27-31-23(2,3)24(4,5)32-27/h11-12,15-16,18H,13-14H2,1-10H3/b22-21-,29-16+. The van der Waals surface area contributed by atoms with Crippen LogP contribution in [0.1, 0.15) is 84.9 Å². The van der Waals surface area contributed by atoms with E-state index in [0.717, 1.165) is 40.5 Å². The van der Waals surface area contributed by atoms with Crippen LogP contribution in [0, 0.1) is 12.8 Å². The smallest absolute Gasteiger partial charge is 0.400 e. The van der Waals surface area contributed by atoms with Gasteiger partial charge in [0.25, 0.3) is 0 Å². The first-order chi connectivity index (χ1) is 15.7. The minimum Gasteiger partial charge on any atom is -0.400 e. The fourth-order valence-electron chi connectivity index (χ4n) is 4.41. The zero-order valence-electron chi connectivity index (χ0n) is 22.4. The molecule has 4 rings (SSSR count). The summed E-state index contributed by atoms with van der Waals surface area (Å²) in [6, 6.07) is 6.31. The van der Waals surface area contributed by atoms with Crippen LogP contribution in [0.25, 0.3) is 5.47 Å². The van der Waals surface area contributed by atoms with Crippen molar-refractivity contribution in [2.24, 2.45) is 11.1 Å². The molecule has 1 saturated carbocycles. The summed E-state index contributed by atoms with van der Waals surface area (Å²) in [5, 5.41) is 4.07. The van der Waals surface area contributed by atoms with Crippen LogP contribution in [0.5, 0.6) is 0 Å². The summed E-state index contributed by atoms with van der Waals surface area (Å²) in [7, 11) is 0.519. The van der Waals surface area contributed by atoms with Crippen molar-refractivity contribution in [2.45, 2.75) is 97.6 Å². The molecule has 34 heavy (non-hydrogen) atoms. The molecule has 3 aliphatic rings. The predicted octanol–water partition coefficient (Wildman–Crippen LogP) is 5.40. The monoisotopic (exact) mass is 467 g/mol. The van der Waals surface area contributed by atoms with Crippen molar-refractivity contribution in [3.8, 4) is 0 Å². The molecule has 184 valence electrons. The molecule has 0 unspecified atom stereocenters. The lowest BCUT2D eigenvalue weighted by atomic mass is 9.60. The van der Waals surface area contributed by atoms with E-state index in [1.165, 1.54) is 0 Å². The summed E-state index contributed by atoms with van der Waals surface area (Å²) in [5.74, 6) is 0.358.